The van der Waals surface area contributed by atoms with Crippen LogP contribution in [0.2, 0.25) is 0 Å². The minimum absolute atomic E-state index is 0.372. The number of aryl methyl sites for hydroxylation is 1. The summed E-state index contributed by atoms with van der Waals surface area (Å²) >= 11 is 0. The second-order valence-electron chi connectivity index (χ2n) is 4.11. The highest BCUT2D eigenvalue weighted by Crippen LogP contribution is 2.13. The van der Waals surface area contributed by atoms with Gasteiger partial charge in [-0.3, -0.25) is 0 Å². The van der Waals surface area contributed by atoms with Gasteiger partial charge in [-0.15, -0.1) is 0 Å². The second-order valence-corrected chi connectivity index (χ2v) is 4.11. The number of hydrogen-bond donors (Lipinski definition) is 2. The molecule has 84 valence electrons. The third kappa shape index (κ3) is 3.57. The van der Waals surface area contributed by atoms with Crippen LogP contribution in [0.3, 0.4) is 0 Å². The minimum atomic E-state index is -0.826. The summed E-state index contributed by atoms with van der Waals surface area (Å²) in [6, 6.07) is 3.88. The molecule has 0 heterocycles. The quantitative estimate of drug-likeness (QED) is 0.799. The van der Waals surface area contributed by atoms with E-state index in [1.165, 1.54) is 6.07 Å². The maximum atomic E-state index is 12.9. The summed E-state index contributed by atoms with van der Waals surface area (Å²) in [6.07, 6.45) is 1.25. The first kappa shape index (κ1) is 12.1. The Morgan fingerprint density at radius 2 is 1.93 bits per heavy atom. The van der Waals surface area contributed by atoms with E-state index in [4.69, 9.17) is 11.5 Å². The predicted octanol–water partition coefficient (Wildman–Crippen LogP) is 1.57. The third-order valence-corrected chi connectivity index (χ3v) is 2.44. The maximum Gasteiger partial charge on any atom is 0.159 e. The van der Waals surface area contributed by atoms with Crippen LogP contribution in [0.1, 0.15) is 18.9 Å². The summed E-state index contributed by atoms with van der Waals surface area (Å²) in [5, 5.41) is 0. The van der Waals surface area contributed by atoms with Crippen LogP contribution in [0, 0.1) is 11.6 Å². The van der Waals surface area contributed by atoms with Crippen molar-refractivity contribution in [2.45, 2.75) is 25.3 Å². The summed E-state index contributed by atoms with van der Waals surface area (Å²) < 4.78 is 25.5. The Hall–Kier alpha value is -1.00. The van der Waals surface area contributed by atoms with Gasteiger partial charge < -0.3 is 11.5 Å². The van der Waals surface area contributed by atoms with E-state index in [1.54, 1.807) is 6.07 Å². The predicted molar refractivity (Wildman–Crippen MR) is 56.3 cm³/mol. The van der Waals surface area contributed by atoms with Gasteiger partial charge in [0, 0.05) is 12.1 Å². The standard InChI is InChI=1S/C11H16F2N2/c1-11(15,7-14)5-4-8-2-3-9(12)10(13)6-8/h2-3,6H,4-5,7,14-15H2,1H3. The van der Waals surface area contributed by atoms with E-state index < -0.39 is 17.2 Å². The molecule has 0 amide bonds. The lowest BCUT2D eigenvalue weighted by atomic mass is 9.94. The van der Waals surface area contributed by atoms with E-state index in [0.717, 1.165) is 11.6 Å². The van der Waals surface area contributed by atoms with Crippen LogP contribution in [0.15, 0.2) is 18.2 Å². The first-order valence-corrected chi connectivity index (χ1v) is 4.87. The summed E-state index contributed by atoms with van der Waals surface area (Å²) in [6.45, 7) is 2.21. The van der Waals surface area contributed by atoms with E-state index >= 15 is 0 Å². The molecule has 2 nitrogen and oxygen atoms in total. The van der Waals surface area contributed by atoms with Gasteiger partial charge in [-0.05, 0) is 37.5 Å². The summed E-state index contributed by atoms with van der Waals surface area (Å²) in [5.74, 6) is -1.65. The van der Waals surface area contributed by atoms with Gasteiger partial charge in [0.1, 0.15) is 0 Å². The van der Waals surface area contributed by atoms with Crippen LogP contribution < -0.4 is 11.5 Å². The van der Waals surface area contributed by atoms with E-state index in [0.29, 0.717) is 19.4 Å². The van der Waals surface area contributed by atoms with Crippen LogP contribution in [-0.4, -0.2) is 12.1 Å². The van der Waals surface area contributed by atoms with Crippen molar-refractivity contribution in [2.75, 3.05) is 6.54 Å². The Balaban J connectivity index is 2.62. The topological polar surface area (TPSA) is 52.0 Å². The van der Waals surface area contributed by atoms with Gasteiger partial charge in [-0.25, -0.2) is 8.78 Å². The molecular formula is C11H16F2N2. The van der Waals surface area contributed by atoms with Crippen LogP contribution in [0.5, 0.6) is 0 Å². The summed E-state index contributed by atoms with van der Waals surface area (Å²) in [5.41, 5.74) is 11.6. The molecule has 0 aliphatic rings. The third-order valence-electron chi connectivity index (χ3n) is 2.44. The Labute approximate surface area is 88.3 Å². The molecule has 1 unspecified atom stereocenters. The second kappa shape index (κ2) is 4.68. The highest BCUT2D eigenvalue weighted by Gasteiger charge is 2.15. The van der Waals surface area contributed by atoms with Gasteiger partial charge >= 0.3 is 0 Å². The molecule has 0 saturated heterocycles. The van der Waals surface area contributed by atoms with E-state index in [9.17, 15) is 8.78 Å². The first-order chi connectivity index (χ1) is 6.94. The van der Waals surface area contributed by atoms with Crippen LogP contribution in [0.25, 0.3) is 0 Å². The molecule has 1 rings (SSSR count). The number of rotatable bonds is 4. The lowest BCUT2D eigenvalue weighted by molar-refractivity contribution is 0.442. The van der Waals surface area contributed by atoms with Crippen LogP contribution in [0.4, 0.5) is 8.78 Å². The lowest BCUT2D eigenvalue weighted by Gasteiger charge is -2.22. The lowest BCUT2D eigenvalue weighted by Crippen LogP contribution is -2.44. The Bertz CT molecular complexity index is 337. The zero-order chi connectivity index (χ0) is 11.5. The van der Waals surface area contributed by atoms with Gasteiger partial charge in [0.05, 0.1) is 0 Å². The van der Waals surface area contributed by atoms with Crippen LogP contribution in [-0.2, 0) is 6.42 Å². The van der Waals surface area contributed by atoms with Crippen LogP contribution >= 0.6 is 0 Å². The Morgan fingerprint density at radius 3 is 2.47 bits per heavy atom. The smallest absolute Gasteiger partial charge is 0.159 e. The number of nitrogens with two attached hydrogens (primary N) is 2. The maximum absolute atomic E-state index is 12.9. The minimum Gasteiger partial charge on any atom is -0.329 e. The molecule has 0 radical (unpaired) electrons. The molecular weight excluding hydrogens is 198 g/mol. The zero-order valence-corrected chi connectivity index (χ0v) is 8.76. The number of benzene rings is 1. The monoisotopic (exact) mass is 214 g/mol. The fraction of sp³-hybridized carbons (Fsp3) is 0.455. The zero-order valence-electron chi connectivity index (χ0n) is 8.76. The van der Waals surface area contributed by atoms with Crippen molar-refractivity contribution in [1.82, 2.24) is 0 Å². The molecule has 0 saturated carbocycles. The van der Waals surface area contributed by atoms with Gasteiger partial charge in [0.15, 0.2) is 11.6 Å². The highest BCUT2D eigenvalue weighted by molar-refractivity contribution is 5.18. The molecule has 1 aromatic carbocycles. The van der Waals surface area contributed by atoms with Crippen molar-refractivity contribution in [1.29, 1.82) is 0 Å². The van der Waals surface area contributed by atoms with Gasteiger partial charge in [-0.1, -0.05) is 6.07 Å². The van der Waals surface area contributed by atoms with Crippen molar-refractivity contribution < 1.29 is 8.78 Å². The molecule has 1 atom stereocenters. The van der Waals surface area contributed by atoms with E-state index in [2.05, 4.69) is 0 Å². The van der Waals surface area contributed by atoms with E-state index in [-0.39, 0.29) is 0 Å². The van der Waals surface area contributed by atoms with Gasteiger partial charge in [-0.2, -0.15) is 0 Å². The largest absolute Gasteiger partial charge is 0.329 e. The van der Waals surface area contributed by atoms with Crippen molar-refractivity contribution in [3.8, 4) is 0 Å². The number of hydrogen-bond acceptors (Lipinski definition) is 2. The van der Waals surface area contributed by atoms with Gasteiger partial charge in [0.2, 0.25) is 0 Å². The van der Waals surface area contributed by atoms with Crippen molar-refractivity contribution in [3.63, 3.8) is 0 Å². The fourth-order valence-corrected chi connectivity index (χ4v) is 1.23. The Kier molecular flexibility index (Phi) is 3.77. The molecule has 1 aromatic rings. The SMILES string of the molecule is CC(N)(CN)CCc1ccc(F)c(F)c1. The van der Waals surface area contributed by atoms with Gasteiger partial charge in [0.25, 0.3) is 0 Å². The molecule has 0 fully saturated rings. The molecule has 4 N–H and O–H groups in total. The molecule has 15 heavy (non-hydrogen) atoms. The molecule has 0 spiro atoms. The molecule has 0 aliphatic heterocycles. The summed E-state index contributed by atoms with van der Waals surface area (Å²) in [7, 11) is 0. The van der Waals surface area contributed by atoms with Crippen molar-refractivity contribution in [2.24, 2.45) is 11.5 Å². The molecule has 0 bridgehead atoms. The molecule has 0 aliphatic carbocycles. The molecule has 0 aromatic heterocycles. The highest BCUT2D eigenvalue weighted by atomic mass is 19.2. The average molecular weight is 214 g/mol. The molecule has 4 heteroatoms. The van der Waals surface area contributed by atoms with Crippen molar-refractivity contribution in [3.05, 3.63) is 35.4 Å². The summed E-state index contributed by atoms with van der Waals surface area (Å²) in [4.78, 5) is 0. The normalized spacial score (nSPS) is 15.0. The Morgan fingerprint density at radius 1 is 1.27 bits per heavy atom. The van der Waals surface area contributed by atoms with Crippen molar-refractivity contribution >= 4 is 0 Å². The first-order valence-electron chi connectivity index (χ1n) is 4.87. The average Bonchev–Trinajstić information content (AvgIpc) is 2.20. The fourth-order valence-electron chi connectivity index (χ4n) is 1.23. The number of halogens is 2. The van der Waals surface area contributed by atoms with E-state index in [1.807, 2.05) is 6.92 Å².